The van der Waals surface area contributed by atoms with Gasteiger partial charge >= 0.3 is 6.03 Å². The number of nitrogens with one attached hydrogen (secondary N) is 1. The molecule has 0 spiro atoms. The molecule has 0 fully saturated rings. The second kappa shape index (κ2) is 8.76. The first-order valence-corrected chi connectivity index (χ1v) is 9.30. The first kappa shape index (κ1) is 19.7. The number of hydrogen-bond acceptors (Lipinski definition) is 3. The van der Waals surface area contributed by atoms with Crippen molar-refractivity contribution in [2.75, 3.05) is 13.7 Å². The number of allylic oxidation sites excluding steroid dienone is 1. The van der Waals surface area contributed by atoms with Crippen LogP contribution in [-0.2, 0) is 4.79 Å². The predicted molar refractivity (Wildman–Crippen MR) is 110 cm³/mol. The lowest BCUT2D eigenvalue weighted by molar-refractivity contribution is -0.111. The van der Waals surface area contributed by atoms with Crippen molar-refractivity contribution < 1.29 is 14.3 Å². The van der Waals surface area contributed by atoms with Crippen molar-refractivity contribution in [1.29, 1.82) is 0 Å². The summed E-state index contributed by atoms with van der Waals surface area (Å²) in [5.74, 6) is 0.537. The average Bonchev–Trinajstić information content (AvgIpc) is 2.73. The summed E-state index contributed by atoms with van der Waals surface area (Å²) < 4.78 is 5.18. The molecular formula is C22H21ClN2O3. The van der Waals surface area contributed by atoms with E-state index < -0.39 is 6.04 Å². The molecule has 1 heterocycles. The summed E-state index contributed by atoms with van der Waals surface area (Å²) in [6, 6.07) is 13.7. The number of halogens is 1. The fraction of sp³-hybridized carbons (Fsp3) is 0.182. The number of urea groups is 1. The Bertz CT molecular complexity index is 918. The van der Waals surface area contributed by atoms with E-state index in [2.05, 4.69) is 5.32 Å². The van der Waals surface area contributed by atoms with Crippen molar-refractivity contribution in [2.45, 2.75) is 13.0 Å². The molecule has 0 saturated carbocycles. The van der Waals surface area contributed by atoms with Crippen LogP contribution >= 0.6 is 11.6 Å². The molecule has 28 heavy (non-hydrogen) atoms. The average molecular weight is 397 g/mol. The fourth-order valence-corrected chi connectivity index (χ4v) is 3.05. The summed E-state index contributed by atoms with van der Waals surface area (Å²) in [4.78, 5) is 26.7. The molecule has 3 rings (SSSR count). The molecule has 5 nitrogen and oxygen atoms in total. The Kier molecular flexibility index (Phi) is 6.16. The van der Waals surface area contributed by atoms with Crippen molar-refractivity contribution >= 4 is 29.5 Å². The number of carbonyl (C=O) groups excluding carboxylic acids is 2. The Morgan fingerprint density at radius 3 is 2.46 bits per heavy atom. The van der Waals surface area contributed by atoms with E-state index in [9.17, 15) is 9.59 Å². The Morgan fingerprint density at radius 2 is 1.86 bits per heavy atom. The SMILES string of the molecule is CCN1C=C(C(=O)C=Cc2ccc(Cl)cc2)C(c2ccc(OC)cc2)NC1=O. The van der Waals surface area contributed by atoms with Gasteiger partial charge in [0.05, 0.1) is 13.2 Å². The highest BCUT2D eigenvalue weighted by molar-refractivity contribution is 6.30. The molecule has 1 unspecified atom stereocenters. The molecule has 1 aliphatic rings. The van der Waals surface area contributed by atoms with Crippen LogP contribution in [0.4, 0.5) is 4.79 Å². The minimum atomic E-state index is -0.524. The molecule has 1 atom stereocenters. The summed E-state index contributed by atoms with van der Waals surface area (Å²) in [5.41, 5.74) is 2.17. The van der Waals surface area contributed by atoms with Crippen LogP contribution in [0, 0.1) is 0 Å². The Morgan fingerprint density at radius 1 is 1.18 bits per heavy atom. The maximum Gasteiger partial charge on any atom is 0.322 e. The Labute approximate surface area is 169 Å². The van der Waals surface area contributed by atoms with Crippen LogP contribution in [0.1, 0.15) is 24.1 Å². The van der Waals surface area contributed by atoms with Gasteiger partial charge in [0.15, 0.2) is 5.78 Å². The molecule has 6 heteroatoms. The van der Waals surface area contributed by atoms with Crippen molar-refractivity contribution in [1.82, 2.24) is 10.2 Å². The van der Waals surface area contributed by atoms with Gasteiger partial charge in [0, 0.05) is 23.3 Å². The Balaban J connectivity index is 1.90. The summed E-state index contributed by atoms with van der Waals surface area (Å²) in [5, 5.41) is 3.55. The van der Waals surface area contributed by atoms with Crippen LogP contribution in [0.25, 0.3) is 6.08 Å². The molecule has 2 aromatic carbocycles. The molecule has 1 aliphatic heterocycles. The lowest BCUT2D eigenvalue weighted by Gasteiger charge is -2.31. The molecule has 0 aromatic heterocycles. The normalized spacial score (nSPS) is 16.7. The summed E-state index contributed by atoms with van der Waals surface area (Å²) in [6.07, 6.45) is 4.87. The van der Waals surface area contributed by atoms with Crippen molar-refractivity contribution in [2.24, 2.45) is 0 Å². The molecule has 144 valence electrons. The van der Waals surface area contributed by atoms with Gasteiger partial charge in [-0.15, -0.1) is 0 Å². The zero-order valence-electron chi connectivity index (χ0n) is 15.7. The number of benzene rings is 2. The number of amides is 2. The molecule has 1 N–H and O–H groups in total. The van der Waals surface area contributed by atoms with E-state index in [-0.39, 0.29) is 11.8 Å². The highest BCUT2D eigenvalue weighted by atomic mass is 35.5. The standard InChI is InChI=1S/C22H21ClN2O3/c1-3-25-14-19(20(26)13-6-15-4-9-17(23)10-5-15)21(24-22(25)27)16-7-11-18(28-2)12-8-16/h4-14,21H,3H2,1-2H3,(H,24,27). The highest BCUT2D eigenvalue weighted by Gasteiger charge is 2.30. The van der Waals surface area contributed by atoms with Crippen LogP contribution < -0.4 is 10.1 Å². The lowest BCUT2D eigenvalue weighted by Crippen LogP contribution is -2.44. The van der Waals surface area contributed by atoms with Crippen LogP contribution in [0.5, 0.6) is 5.75 Å². The lowest BCUT2D eigenvalue weighted by atomic mass is 9.94. The summed E-state index contributed by atoms with van der Waals surface area (Å²) >= 11 is 5.90. The van der Waals surface area contributed by atoms with Gasteiger partial charge in [-0.3, -0.25) is 4.79 Å². The van der Waals surface area contributed by atoms with Gasteiger partial charge < -0.3 is 15.0 Å². The molecular weight excluding hydrogens is 376 g/mol. The summed E-state index contributed by atoms with van der Waals surface area (Å²) in [6.45, 7) is 2.33. The second-order valence-corrected chi connectivity index (χ2v) is 6.71. The van der Waals surface area contributed by atoms with E-state index in [1.165, 1.54) is 11.0 Å². The van der Waals surface area contributed by atoms with Gasteiger partial charge in [0.25, 0.3) is 0 Å². The zero-order chi connectivity index (χ0) is 20.1. The van der Waals surface area contributed by atoms with Gasteiger partial charge in [-0.2, -0.15) is 0 Å². The van der Waals surface area contributed by atoms with E-state index in [1.807, 2.05) is 31.2 Å². The van der Waals surface area contributed by atoms with Crippen LogP contribution in [0.2, 0.25) is 5.02 Å². The molecule has 0 saturated heterocycles. The number of ketones is 1. The monoisotopic (exact) mass is 396 g/mol. The predicted octanol–water partition coefficient (Wildman–Crippen LogP) is 4.60. The van der Waals surface area contributed by atoms with Gasteiger partial charge in [-0.25, -0.2) is 4.79 Å². The van der Waals surface area contributed by atoms with E-state index >= 15 is 0 Å². The second-order valence-electron chi connectivity index (χ2n) is 6.28. The number of rotatable bonds is 6. The zero-order valence-corrected chi connectivity index (χ0v) is 16.4. The van der Waals surface area contributed by atoms with E-state index in [4.69, 9.17) is 16.3 Å². The smallest absolute Gasteiger partial charge is 0.322 e. The van der Waals surface area contributed by atoms with Gasteiger partial charge in [-0.1, -0.05) is 41.9 Å². The van der Waals surface area contributed by atoms with E-state index in [1.54, 1.807) is 43.7 Å². The molecule has 0 aliphatic carbocycles. The fourth-order valence-electron chi connectivity index (χ4n) is 2.93. The number of methoxy groups -OCH3 is 1. The molecule has 2 aromatic rings. The van der Waals surface area contributed by atoms with Crippen LogP contribution in [0.3, 0.4) is 0 Å². The molecule has 2 amide bonds. The summed E-state index contributed by atoms with van der Waals surface area (Å²) in [7, 11) is 1.59. The third-order valence-electron chi connectivity index (χ3n) is 4.51. The van der Waals surface area contributed by atoms with Crippen LogP contribution in [0.15, 0.2) is 66.4 Å². The van der Waals surface area contributed by atoms with Crippen molar-refractivity contribution in [3.05, 3.63) is 82.5 Å². The number of hydrogen-bond donors (Lipinski definition) is 1. The minimum Gasteiger partial charge on any atom is -0.497 e. The topological polar surface area (TPSA) is 58.6 Å². The number of carbonyl (C=O) groups is 2. The van der Waals surface area contributed by atoms with Crippen molar-refractivity contribution in [3.63, 3.8) is 0 Å². The third-order valence-corrected chi connectivity index (χ3v) is 4.76. The van der Waals surface area contributed by atoms with Gasteiger partial charge in [-0.05, 0) is 48.4 Å². The molecule has 0 radical (unpaired) electrons. The van der Waals surface area contributed by atoms with Crippen LogP contribution in [-0.4, -0.2) is 30.4 Å². The maximum absolute atomic E-state index is 12.9. The number of ether oxygens (including phenoxy) is 1. The Hall–Kier alpha value is -3.05. The first-order valence-electron chi connectivity index (χ1n) is 8.92. The highest BCUT2D eigenvalue weighted by Crippen LogP contribution is 2.28. The van der Waals surface area contributed by atoms with Gasteiger partial charge in [0.2, 0.25) is 0 Å². The van der Waals surface area contributed by atoms with E-state index in [0.29, 0.717) is 22.9 Å². The quantitative estimate of drug-likeness (QED) is 0.726. The maximum atomic E-state index is 12.9. The minimum absolute atomic E-state index is 0.172. The first-order chi connectivity index (χ1) is 13.5. The van der Waals surface area contributed by atoms with Crippen molar-refractivity contribution in [3.8, 4) is 5.75 Å². The largest absolute Gasteiger partial charge is 0.497 e. The molecule has 0 bridgehead atoms. The number of nitrogens with zero attached hydrogens (tertiary/aromatic N) is 1. The third kappa shape index (κ3) is 4.43. The van der Waals surface area contributed by atoms with E-state index in [0.717, 1.165) is 11.1 Å². The van der Waals surface area contributed by atoms with Gasteiger partial charge in [0.1, 0.15) is 5.75 Å².